The van der Waals surface area contributed by atoms with Crippen LogP contribution in [0.15, 0.2) is 97.1 Å². The van der Waals surface area contributed by atoms with Gasteiger partial charge in [0.1, 0.15) is 49.4 Å². The summed E-state index contributed by atoms with van der Waals surface area (Å²) in [7, 11) is 0. The fourth-order valence-corrected chi connectivity index (χ4v) is 6.40. The number of aliphatic hydroxyl groups excluding tert-OH is 4. The summed E-state index contributed by atoms with van der Waals surface area (Å²) < 4.78 is 21.8. The van der Waals surface area contributed by atoms with E-state index in [9.17, 15) is 0 Å². The predicted octanol–water partition coefficient (Wildman–Crippen LogP) is 6.43. The molecule has 0 spiro atoms. The van der Waals surface area contributed by atoms with Crippen molar-refractivity contribution in [2.45, 2.75) is 56.8 Å². The van der Waals surface area contributed by atoms with Crippen molar-refractivity contribution in [2.24, 2.45) is 0 Å². The SMILES string of the molecule is CC(C)(c1ccc(OCCO)cc1)c1ccc(OCCO)cc1.OCCOc1ccc(C2(c3ccc(OCCO)cc3)CCCCC2)cc1. The molecule has 1 aliphatic rings. The summed E-state index contributed by atoms with van der Waals surface area (Å²) in [5, 5.41) is 35.4. The molecular formula is C41H52O8. The largest absolute Gasteiger partial charge is 0.491 e. The molecule has 0 atom stereocenters. The van der Waals surface area contributed by atoms with E-state index in [0.717, 1.165) is 35.8 Å². The van der Waals surface area contributed by atoms with Crippen LogP contribution < -0.4 is 18.9 Å². The Morgan fingerprint density at radius 1 is 0.449 bits per heavy atom. The Morgan fingerprint density at radius 2 is 0.735 bits per heavy atom. The Kier molecular flexibility index (Phi) is 14.8. The van der Waals surface area contributed by atoms with Gasteiger partial charge in [0.15, 0.2) is 0 Å². The van der Waals surface area contributed by atoms with Crippen molar-refractivity contribution in [3.8, 4) is 23.0 Å². The summed E-state index contributed by atoms with van der Waals surface area (Å²) >= 11 is 0. The molecule has 0 saturated heterocycles. The predicted molar refractivity (Wildman–Crippen MR) is 192 cm³/mol. The van der Waals surface area contributed by atoms with Gasteiger partial charge in [-0.1, -0.05) is 81.6 Å². The number of benzene rings is 4. The molecule has 4 aromatic rings. The molecule has 1 saturated carbocycles. The molecule has 0 heterocycles. The van der Waals surface area contributed by atoms with E-state index in [-0.39, 0.29) is 37.3 Å². The lowest BCUT2D eigenvalue weighted by molar-refractivity contribution is 0.201. The number of hydrogen-bond donors (Lipinski definition) is 4. The van der Waals surface area contributed by atoms with Crippen LogP contribution in [0.2, 0.25) is 0 Å². The van der Waals surface area contributed by atoms with Gasteiger partial charge in [-0.05, 0) is 83.6 Å². The lowest BCUT2D eigenvalue weighted by Gasteiger charge is -2.38. The van der Waals surface area contributed by atoms with E-state index in [4.69, 9.17) is 39.4 Å². The smallest absolute Gasteiger partial charge is 0.119 e. The maximum Gasteiger partial charge on any atom is 0.119 e. The summed E-state index contributed by atoms with van der Waals surface area (Å²) in [5.74, 6) is 3.10. The zero-order valence-electron chi connectivity index (χ0n) is 28.9. The minimum Gasteiger partial charge on any atom is -0.491 e. The summed E-state index contributed by atoms with van der Waals surface area (Å²) in [6, 6.07) is 32.5. The van der Waals surface area contributed by atoms with Crippen molar-refractivity contribution < 1.29 is 39.4 Å². The molecule has 0 aliphatic heterocycles. The Labute approximate surface area is 290 Å². The van der Waals surface area contributed by atoms with Crippen LogP contribution in [-0.2, 0) is 10.8 Å². The second-order valence-corrected chi connectivity index (χ2v) is 12.7. The highest BCUT2D eigenvalue weighted by molar-refractivity contribution is 5.44. The molecule has 4 N–H and O–H groups in total. The van der Waals surface area contributed by atoms with E-state index in [1.165, 1.54) is 41.5 Å². The Balaban J connectivity index is 0.000000223. The van der Waals surface area contributed by atoms with Gasteiger partial charge in [-0.2, -0.15) is 0 Å². The first-order valence-electron chi connectivity index (χ1n) is 17.2. The zero-order chi connectivity index (χ0) is 35.0. The second kappa shape index (κ2) is 19.2. The minimum absolute atomic E-state index is 0.0119. The first kappa shape index (κ1) is 37.7. The molecule has 8 heteroatoms. The molecule has 264 valence electrons. The standard InChI is InChI=1S/C22H28O4.C19H24O4/c23-14-16-25-20-8-4-18(5-9-20)22(12-2-1-3-13-22)19-6-10-21(11-7-19)26-17-15-24;1-19(2,15-3-7-17(8-4-15)22-13-11-20)16-5-9-18(10-6-16)23-14-12-21/h4-11,23-24H,1-3,12-17H2;3-10,20-21H,11-14H2,1-2H3. The third-order valence-corrected chi connectivity index (χ3v) is 9.11. The van der Waals surface area contributed by atoms with Crippen LogP contribution in [0.4, 0.5) is 0 Å². The normalized spacial score (nSPS) is 13.9. The molecule has 49 heavy (non-hydrogen) atoms. The molecule has 8 nitrogen and oxygen atoms in total. The summed E-state index contributed by atoms with van der Waals surface area (Å²) in [6.45, 7) is 5.65. The highest BCUT2D eigenvalue weighted by Gasteiger charge is 2.35. The first-order chi connectivity index (χ1) is 23.9. The fourth-order valence-electron chi connectivity index (χ4n) is 6.40. The Hall–Kier alpha value is -4.08. The Morgan fingerprint density at radius 3 is 1.02 bits per heavy atom. The number of ether oxygens (including phenoxy) is 4. The van der Waals surface area contributed by atoms with Crippen LogP contribution in [-0.4, -0.2) is 73.3 Å². The summed E-state index contributed by atoms with van der Waals surface area (Å²) in [4.78, 5) is 0. The van der Waals surface area contributed by atoms with E-state index in [2.05, 4.69) is 38.1 Å². The number of rotatable bonds is 16. The molecule has 0 amide bonds. The van der Waals surface area contributed by atoms with Crippen molar-refractivity contribution in [3.63, 3.8) is 0 Å². The van der Waals surface area contributed by atoms with Crippen LogP contribution in [0.5, 0.6) is 23.0 Å². The molecule has 4 aromatic carbocycles. The maximum atomic E-state index is 8.90. The highest BCUT2D eigenvalue weighted by atomic mass is 16.5. The maximum absolute atomic E-state index is 8.90. The monoisotopic (exact) mass is 672 g/mol. The topological polar surface area (TPSA) is 118 Å². The van der Waals surface area contributed by atoms with E-state index < -0.39 is 0 Å². The first-order valence-corrected chi connectivity index (χ1v) is 17.2. The van der Waals surface area contributed by atoms with E-state index >= 15 is 0 Å². The van der Waals surface area contributed by atoms with Crippen molar-refractivity contribution in [1.29, 1.82) is 0 Å². The van der Waals surface area contributed by atoms with Gasteiger partial charge in [0.05, 0.1) is 26.4 Å². The van der Waals surface area contributed by atoms with Crippen molar-refractivity contribution in [2.75, 3.05) is 52.9 Å². The molecule has 5 rings (SSSR count). The van der Waals surface area contributed by atoms with E-state index in [1.807, 2.05) is 72.8 Å². The highest BCUT2D eigenvalue weighted by Crippen LogP contribution is 2.45. The van der Waals surface area contributed by atoms with Crippen LogP contribution in [0.25, 0.3) is 0 Å². The average Bonchev–Trinajstić information content (AvgIpc) is 3.16. The molecule has 1 aliphatic carbocycles. The number of aliphatic hydroxyl groups is 4. The lowest BCUT2D eigenvalue weighted by atomic mass is 9.65. The summed E-state index contributed by atoms with van der Waals surface area (Å²) in [6.07, 6.45) is 6.02. The number of hydrogen-bond acceptors (Lipinski definition) is 8. The van der Waals surface area contributed by atoms with Crippen LogP contribution in [0, 0.1) is 0 Å². The molecule has 0 unspecified atom stereocenters. The molecule has 0 radical (unpaired) electrons. The van der Waals surface area contributed by atoms with Crippen LogP contribution in [0.3, 0.4) is 0 Å². The fraction of sp³-hybridized carbons (Fsp3) is 0.415. The minimum atomic E-state index is -0.148. The van der Waals surface area contributed by atoms with E-state index in [0.29, 0.717) is 26.4 Å². The second-order valence-electron chi connectivity index (χ2n) is 12.7. The molecule has 0 bridgehead atoms. The summed E-state index contributed by atoms with van der Waals surface area (Å²) in [5.41, 5.74) is 4.87. The van der Waals surface area contributed by atoms with Crippen LogP contribution >= 0.6 is 0 Å². The van der Waals surface area contributed by atoms with Gasteiger partial charge in [0, 0.05) is 10.8 Å². The quantitative estimate of drug-likeness (QED) is 0.108. The van der Waals surface area contributed by atoms with Gasteiger partial charge in [-0.15, -0.1) is 0 Å². The lowest BCUT2D eigenvalue weighted by Crippen LogP contribution is -2.30. The Bertz CT molecular complexity index is 1370. The average molecular weight is 673 g/mol. The van der Waals surface area contributed by atoms with Crippen molar-refractivity contribution >= 4 is 0 Å². The van der Waals surface area contributed by atoms with Crippen molar-refractivity contribution in [1.82, 2.24) is 0 Å². The van der Waals surface area contributed by atoms with Gasteiger partial charge in [-0.3, -0.25) is 0 Å². The molecule has 1 fully saturated rings. The van der Waals surface area contributed by atoms with Crippen LogP contribution in [0.1, 0.15) is 68.2 Å². The molecular weight excluding hydrogens is 620 g/mol. The van der Waals surface area contributed by atoms with Gasteiger partial charge in [0.2, 0.25) is 0 Å². The van der Waals surface area contributed by atoms with Gasteiger partial charge in [0.25, 0.3) is 0 Å². The van der Waals surface area contributed by atoms with Gasteiger partial charge < -0.3 is 39.4 Å². The van der Waals surface area contributed by atoms with E-state index in [1.54, 1.807) is 0 Å². The third kappa shape index (κ3) is 10.5. The van der Waals surface area contributed by atoms with Gasteiger partial charge in [-0.25, -0.2) is 0 Å². The van der Waals surface area contributed by atoms with Gasteiger partial charge >= 0.3 is 0 Å². The van der Waals surface area contributed by atoms with Crippen molar-refractivity contribution in [3.05, 3.63) is 119 Å². The molecule has 0 aromatic heterocycles. The zero-order valence-corrected chi connectivity index (χ0v) is 28.9. The third-order valence-electron chi connectivity index (χ3n) is 9.11.